The van der Waals surface area contributed by atoms with Gasteiger partial charge in [-0.05, 0) is 307 Å². The number of fused-ring (bicyclic) bond motifs is 14. The maximum atomic E-state index is 15.2. The van der Waals surface area contributed by atoms with Crippen molar-refractivity contribution in [3.63, 3.8) is 0 Å². The van der Waals surface area contributed by atoms with E-state index < -0.39 is 11.9 Å². The molecule has 0 fully saturated rings. The molecule has 0 unspecified atom stereocenters. The van der Waals surface area contributed by atoms with Gasteiger partial charge in [0.25, 0.3) is 23.6 Å². The highest BCUT2D eigenvalue weighted by Gasteiger charge is 2.42. The molecule has 10 nitrogen and oxygen atoms in total. The molecule has 21 rings (SSSR count). The van der Waals surface area contributed by atoms with E-state index in [4.69, 9.17) is 9.47 Å². The summed E-state index contributed by atoms with van der Waals surface area (Å²) in [6.45, 7) is 23.2. The van der Waals surface area contributed by atoms with Crippen LogP contribution < -0.4 is 19.3 Å². The molecule has 2 heterocycles. The van der Waals surface area contributed by atoms with Crippen LogP contribution in [-0.4, -0.2) is 35.6 Å². The van der Waals surface area contributed by atoms with E-state index in [1.54, 1.807) is 24.3 Å². The molecule has 0 radical (unpaired) electrons. The highest BCUT2D eigenvalue weighted by Crippen LogP contribution is 2.58. The molecule has 516 valence electrons. The minimum atomic E-state index is -0.588. The third-order valence-electron chi connectivity index (χ3n) is 23.9. The Hall–Kier alpha value is -13.2. The molecule has 0 bridgehead atoms. The van der Waals surface area contributed by atoms with Crippen molar-refractivity contribution >= 4 is 179 Å². The molecular formula is C98H66N2O8. The fourth-order valence-electron chi connectivity index (χ4n) is 19.1. The number of hydrogen-bond donors (Lipinski definition) is 0. The first-order valence-electron chi connectivity index (χ1n) is 37.1. The lowest BCUT2D eigenvalue weighted by Crippen LogP contribution is -2.41. The lowest BCUT2D eigenvalue weighted by atomic mass is 9.83. The van der Waals surface area contributed by atoms with Crippen LogP contribution >= 0.6 is 0 Å². The number of amides is 4. The first-order valence-corrected chi connectivity index (χ1v) is 37.1. The molecule has 0 spiro atoms. The van der Waals surface area contributed by atoms with Crippen LogP contribution in [0.1, 0.15) is 165 Å². The van der Waals surface area contributed by atoms with Crippen LogP contribution in [-0.2, 0) is 9.59 Å². The van der Waals surface area contributed by atoms with Gasteiger partial charge in [-0.15, -0.1) is 0 Å². The maximum absolute atomic E-state index is 15.2. The number of rotatable bonds is 10. The average Bonchev–Trinajstić information content (AvgIpc) is 1.34. The van der Waals surface area contributed by atoms with Gasteiger partial charge in [-0.2, -0.15) is 0 Å². The maximum Gasteiger partial charge on any atom is 0.335 e. The van der Waals surface area contributed by atoms with E-state index in [9.17, 15) is 9.59 Å². The fraction of sp³-hybridized carbons (Fsp3) is 0.122. The Morgan fingerprint density at radius 1 is 0.287 bits per heavy atom. The number of nitrogens with zero attached hydrogens (tertiary/aromatic N) is 2. The van der Waals surface area contributed by atoms with Crippen LogP contribution in [0, 0.1) is 0 Å². The minimum absolute atomic E-state index is 0.122. The van der Waals surface area contributed by atoms with Crippen molar-refractivity contribution in [2.45, 2.75) is 79.1 Å². The largest absolute Gasteiger partial charge is 0.423 e. The molecule has 2 aliphatic heterocycles. The predicted octanol–water partition coefficient (Wildman–Crippen LogP) is 24.3. The van der Waals surface area contributed by atoms with Crippen molar-refractivity contribution in [3.05, 3.63) is 262 Å². The summed E-state index contributed by atoms with van der Waals surface area (Å²) in [5.41, 5.74) is 19.8. The summed E-state index contributed by atoms with van der Waals surface area (Å²) in [7, 11) is 0. The first kappa shape index (κ1) is 63.3. The Kier molecular flexibility index (Phi) is 13.0. The molecule has 5 aliphatic rings. The molecule has 108 heavy (non-hydrogen) atoms. The third kappa shape index (κ3) is 8.42. The van der Waals surface area contributed by atoms with Gasteiger partial charge in [0.15, 0.2) is 0 Å². The van der Waals surface area contributed by atoms with Gasteiger partial charge in [0.05, 0.1) is 11.4 Å². The second kappa shape index (κ2) is 22.2. The molecule has 3 aliphatic carbocycles. The Morgan fingerprint density at radius 3 is 0.713 bits per heavy atom. The summed E-state index contributed by atoms with van der Waals surface area (Å²) in [6, 6.07) is 59.6. The average molecular weight is 1400 g/mol. The van der Waals surface area contributed by atoms with Crippen LogP contribution in [0.3, 0.4) is 0 Å². The number of esters is 2. The van der Waals surface area contributed by atoms with E-state index in [1.165, 1.54) is 65.1 Å². The predicted molar refractivity (Wildman–Crippen MR) is 440 cm³/mol. The molecule has 16 aromatic carbocycles. The Labute approximate surface area is 620 Å². The van der Waals surface area contributed by atoms with E-state index in [-0.39, 0.29) is 47.3 Å². The zero-order valence-electron chi connectivity index (χ0n) is 60.5. The minimum Gasteiger partial charge on any atom is -0.423 e. The lowest BCUT2D eigenvalue weighted by molar-refractivity contribution is -0.129. The van der Waals surface area contributed by atoms with Crippen molar-refractivity contribution in [2.75, 3.05) is 9.80 Å². The smallest absolute Gasteiger partial charge is 0.335 e. The van der Waals surface area contributed by atoms with E-state index in [2.05, 4.69) is 159 Å². The van der Waals surface area contributed by atoms with Gasteiger partial charge in [0.1, 0.15) is 11.5 Å². The number of benzene rings is 16. The molecule has 0 N–H and O–H groups in total. The Balaban J connectivity index is 0.616. The molecule has 0 saturated carbocycles. The second-order valence-corrected chi connectivity index (χ2v) is 31.1. The summed E-state index contributed by atoms with van der Waals surface area (Å²) in [6.07, 6.45) is 11.3. The Bertz CT molecular complexity index is 6380. The lowest BCUT2D eigenvalue weighted by Gasteiger charge is -2.33. The summed E-state index contributed by atoms with van der Waals surface area (Å²) in [4.78, 5) is 88.4. The summed E-state index contributed by atoms with van der Waals surface area (Å²) in [5, 5.41) is 20.7. The molecule has 10 heteroatoms. The zero-order valence-corrected chi connectivity index (χ0v) is 60.5. The molecule has 0 saturated heterocycles. The monoisotopic (exact) mass is 1400 g/mol. The number of carbonyl (C=O) groups excluding carboxylic acids is 6. The summed E-state index contributed by atoms with van der Waals surface area (Å²) >= 11 is 0. The van der Waals surface area contributed by atoms with Gasteiger partial charge in [-0.3, -0.25) is 19.2 Å². The molecule has 4 amide bonds. The van der Waals surface area contributed by atoms with E-state index in [1.807, 2.05) is 79.7 Å². The third-order valence-corrected chi connectivity index (χ3v) is 23.9. The quantitative estimate of drug-likeness (QED) is 0.0331. The number of ether oxygens (including phenoxy) is 2. The topological polar surface area (TPSA) is 127 Å². The second-order valence-electron chi connectivity index (χ2n) is 31.1. The van der Waals surface area contributed by atoms with Gasteiger partial charge in [0, 0.05) is 45.2 Å². The fourth-order valence-corrected chi connectivity index (χ4v) is 19.1. The highest BCUT2D eigenvalue weighted by atomic mass is 16.5. The number of carbonyl (C=O) groups is 6. The highest BCUT2D eigenvalue weighted by molar-refractivity contribution is 6.46. The van der Waals surface area contributed by atoms with Crippen LogP contribution in [0.4, 0.5) is 11.4 Å². The standard InChI is InChI=1S/C98H66N2O8/c1-11-83(101)107-57-41-75(45(3)4)93(76(42-57)46(5)6)99-95(103)71-29-25-63-59-17-21-67-79-37-53-33-49-13-15-51-35-55-39-81-69-23-19-61-65-27-31-73-92-74(98(106)100(97(73)105)94-77(47(7)8)43-58(108-84(102)12-2)44-78(94)48(9)10)32-28-66(88(65)92)62-20-24-70(90(69)86(61)62)82(81)40-56(55)36-52(51)16-14-50(49)34-54(53)38-80(79)68-22-18-60(85(59)89(67)68)64-26-30-72(96(99)104)91(71)87(63)64/h11-48H,1-2H2,3-10H3. The van der Waals surface area contributed by atoms with Crippen LogP contribution in [0.5, 0.6) is 11.5 Å². The first-order chi connectivity index (χ1) is 52.2. The van der Waals surface area contributed by atoms with Gasteiger partial charge in [0.2, 0.25) is 0 Å². The summed E-state index contributed by atoms with van der Waals surface area (Å²) < 4.78 is 11.3. The van der Waals surface area contributed by atoms with Crippen molar-refractivity contribution in [1.29, 1.82) is 0 Å². The van der Waals surface area contributed by atoms with Crippen molar-refractivity contribution < 1.29 is 38.2 Å². The Morgan fingerprint density at radius 2 is 0.500 bits per heavy atom. The number of hydrogen-bond acceptors (Lipinski definition) is 8. The van der Waals surface area contributed by atoms with Crippen LogP contribution in [0.15, 0.2) is 195 Å². The van der Waals surface area contributed by atoms with Crippen LogP contribution in [0.2, 0.25) is 0 Å². The van der Waals surface area contributed by atoms with E-state index in [0.717, 1.165) is 143 Å². The molecule has 0 atom stereocenters. The molecule has 0 aromatic heterocycles. The van der Waals surface area contributed by atoms with Gasteiger partial charge < -0.3 is 9.47 Å². The van der Waals surface area contributed by atoms with Crippen LogP contribution in [0.25, 0.3) is 177 Å². The van der Waals surface area contributed by atoms with E-state index in [0.29, 0.717) is 55.9 Å². The normalized spacial score (nSPS) is 14.0. The summed E-state index contributed by atoms with van der Waals surface area (Å²) in [5.74, 6) is -2.54. The number of imide groups is 2. The molecular weight excluding hydrogens is 1330 g/mol. The molecule has 16 aromatic rings. The van der Waals surface area contributed by atoms with Crippen molar-refractivity contribution in [2.24, 2.45) is 0 Å². The van der Waals surface area contributed by atoms with Gasteiger partial charge in [-0.25, -0.2) is 19.4 Å². The van der Waals surface area contributed by atoms with Crippen molar-refractivity contribution in [3.8, 4) is 56.0 Å². The van der Waals surface area contributed by atoms with Gasteiger partial charge >= 0.3 is 11.9 Å². The van der Waals surface area contributed by atoms with Gasteiger partial charge in [-0.1, -0.05) is 166 Å². The zero-order chi connectivity index (χ0) is 73.8. The SMILES string of the molecule is C=CC(=O)Oc1cc(C(C)C)c(N2C(=O)c3ccc4c5ccc6c7c(ccc(c8ccc(c3c48)C2=O)c75)-c2cc3cc4c(cc3cc2-6)C=Cc2cc3cc5c(cc3cc2C=C4)-c2ccc3c4ccc6c7c(ccc(c8ccc-5c2c83)c74)C(=O)N(c2c(C(C)C)cc(OC(=O)C=C)cc2C(C)C)C6=O)c(C(C)C)c1. The number of anilines is 2. The van der Waals surface area contributed by atoms with Crippen molar-refractivity contribution in [1.82, 2.24) is 0 Å². The van der Waals surface area contributed by atoms with E-state index >= 15 is 19.2 Å².